The molecular weight excluding hydrogens is 240 g/mol. The van der Waals surface area contributed by atoms with Crippen LogP contribution in [0.25, 0.3) is 0 Å². The van der Waals surface area contributed by atoms with Crippen LogP contribution in [0.5, 0.6) is 11.5 Å². The zero-order valence-electron chi connectivity index (χ0n) is 11.4. The highest BCUT2D eigenvalue weighted by Crippen LogP contribution is 2.37. The number of para-hydroxylation sites is 2. The zero-order chi connectivity index (χ0) is 13.8. The fraction of sp³-hybridized carbons (Fsp3) is 0.200. The fourth-order valence-electron chi connectivity index (χ4n) is 1.98. The molecule has 0 aromatic heterocycles. The van der Waals surface area contributed by atoms with Gasteiger partial charge >= 0.3 is 0 Å². The molecule has 0 saturated carbocycles. The van der Waals surface area contributed by atoms with E-state index in [2.05, 4.69) is 0 Å². The third-order valence-electron chi connectivity index (χ3n) is 3.05. The molecule has 0 bridgehead atoms. The van der Waals surface area contributed by atoms with E-state index in [1.807, 2.05) is 54.4 Å². The summed E-state index contributed by atoms with van der Waals surface area (Å²) >= 11 is 0. The molecule has 0 unspecified atom stereocenters. The second kappa shape index (κ2) is 5.52. The highest BCUT2D eigenvalue weighted by atomic mass is 16.5. The maximum atomic E-state index is 6.00. The van der Waals surface area contributed by atoms with Crippen molar-refractivity contribution >= 4 is 17.1 Å². The lowest BCUT2D eigenvalue weighted by atomic mass is 10.2. The molecule has 0 amide bonds. The van der Waals surface area contributed by atoms with Gasteiger partial charge in [0.2, 0.25) is 0 Å². The van der Waals surface area contributed by atoms with Crippen LogP contribution in [0.1, 0.15) is 0 Å². The smallest absolute Gasteiger partial charge is 0.146 e. The van der Waals surface area contributed by atoms with E-state index in [0.717, 1.165) is 28.6 Å². The minimum atomic E-state index is 0.725. The molecule has 0 saturated heterocycles. The van der Waals surface area contributed by atoms with E-state index >= 15 is 0 Å². The van der Waals surface area contributed by atoms with Gasteiger partial charge in [-0.3, -0.25) is 0 Å². The van der Waals surface area contributed by atoms with Crippen molar-refractivity contribution in [3.8, 4) is 11.5 Å². The molecule has 2 aromatic carbocycles. The summed E-state index contributed by atoms with van der Waals surface area (Å²) in [4.78, 5) is 1.99. The molecule has 4 nitrogen and oxygen atoms in total. The van der Waals surface area contributed by atoms with Crippen LogP contribution in [-0.2, 0) is 0 Å². The molecule has 0 heterocycles. The monoisotopic (exact) mass is 258 g/mol. The van der Waals surface area contributed by atoms with Gasteiger partial charge in [-0.05, 0) is 24.3 Å². The second-order valence-corrected chi connectivity index (χ2v) is 4.16. The SMILES string of the molecule is COc1ccc(N(C)c2ccccc2N)c(OC)c1. The summed E-state index contributed by atoms with van der Waals surface area (Å²) < 4.78 is 10.6. The number of methoxy groups -OCH3 is 2. The summed E-state index contributed by atoms with van der Waals surface area (Å²) in [5, 5.41) is 0. The molecule has 0 aliphatic carbocycles. The van der Waals surface area contributed by atoms with Crippen LogP contribution in [0.3, 0.4) is 0 Å². The van der Waals surface area contributed by atoms with Crippen LogP contribution in [0.4, 0.5) is 17.1 Å². The molecule has 0 fully saturated rings. The molecule has 2 aromatic rings. The molecule has 0 spiro atoms. The van der Waals surface area contributed by atoms with Crippen LogP contribution >= 0.6 is 0 Å². The predicted octanol–water partition coefficient (Wildman–Crippen LogP) is 3.05. The average Bonchev–Trinajstić information content (AvgIpc) is 2.46. The van der Waals surface area contributed by atoms with E-state index < -0.39 is 0 Å². The zero-order valence-corrected chi connectivity index (χ0v) is 11.4. The van der Waals surface area contributed by atoms with Crippen molar-refractivity contribution in [1.82, 2.24) is 0 Å². The molecule has 0 aliphatic rings. The van der Waals surface area contributed by atoms with E-state index in [1.54, 1.807) is 14.2 Å². The van der Waals surface area contributed by atoms with Crippen molar-refractivity contribution in [2.75, 3.05) is 31.9 Å². The molecular formula is C15H18N2O2. The lowest BCUT2D eigenvalue weighted by Gasteiger charge is -2.23. The summed E-state index contributed by atoms with van der Waals surface area (Å²) in [7, 11) is 5.23. The van der Waals surface area contributed by atoms with Gasteiger partial charge in [-0.25, -0.2) is 0 Å². The molecule has 2 rings (SSSR count). The molecule has 4 heteroatoms. The lowest BCUT2D eigenvalue weighted by molar-refractivity contribution is 0.395. The molecule has 0 radical (unpaired) electrons. The van der Waals surface area contributed by atoms with Gasteiger partial charge in [0.1, 0.15) is 11.5 Å². The van der Waals surface area contributed by atoms with Crippen molar-refractivity contribution in [2.45, 2.75) is 0 Å². The number of hydrogen-bond acceptors (Lipinski definition) is 4. The predicted molar refractivity (Wildman–Crippen MR) is 78.5 cm³/mol. The van der Waals surface area contributed by atoms with Crippen molar-refractivity contribution in [3.05, 3.63) is 42.5 Å². The molecule has 0 atom stereocenters. The van der Waals surface area contributed by atoms with E-state index in [1.165, 1.54) is 0 Å². The molecule has 2 N–H and O–H groups in total. The van der Waals surface area contributed by atoms with Gasteiger partial charge in [0.15, 0.2) is 0 Å². The van der Waals surface area contributed by atoms with Crippen molar-refractivity contribution in [1.29, 1.82) is 0 Å². The number of nitrogen functional groups attached to an aromatic ring is 1. The number of hydrogen-bond donors (Lipinski definition) is 1. The third-order valence-corrected chi connectivity index (χ3v) is 3.05. The molecule has 100 valence electrons. The highest BCUT2D eigenvalue weighted by Gasteiger charge is 2.12. The third kappa shape index (κ3) is 2.57. The van der Waals surface area contributed by atoms with Crippen molar-refractivity contribution in [2.24, 2.45) is 0 Å². The van der Waals surface area contributed by atoms with Crippen LogP contribution in [0.15, 0.2) is 42.5 Å². The standard InChI is InChI=1S/C15H18N2O2/c1-17(13-7-5-4-6-12(13)16)14-9-8-11(18-2)10-15(14)19-3/h4-10H,16H2,1-3H3. The van der Waals surface area contributed by atoms with Crippen molar-refractivity contribution < 1.29 is 9.47 Å². The first-order valence-corrected chi connectivity index (χ1v) is 5.97. The minimum absolute atomic E-state index is 0.725. The Bertz CT molecular complexity index is 570. The fourth-order valence-corrected chi connectivity index (χ4v) is 1.98. The highest BCUT2D eigenvalue weighted by molar-refractivity contribution is 5.77. The molecule has 0 aliphatic heterocycles. The Hall–Kier alpha value is -2.36. The normalized spacial score (nSPS) is 10.1. The molecule has 19 heavy (non-hydrogen) atoms. The van der Waals surface area contributed by atoms with Crippen LogP contribution < -0.4 is 20.1 Å². The van der Waals surface area contributed by atoms with Gasteiger partial charge < -0.3 is 20.1 Å². The Morgan fingerprint density at radius 1 is 0.947 bits per heavy atom. The maximum absolute atomic E-state index is 6.00. The van der Waals surface area contributed by atoms with E-state index in [0.29, 0.717) is 0 Å². The Balaban J connectivity index is 2.44. The van der Waals surface area contributed by atoms with Gasteiger partial charge in [0, 0.05) is 13.1 Å². The number of nitrogens with zero attached hydrogens (tertiary/aromatic N) is 1. The van der Waals surface area contributed by atoms with E-state index in [4.69, 9.17) is 15.2 Å². The number of anilines is 3. The Morgan fingerprint density at radius 3 is 2.32 bits per heavy atom. The first-order chi connectivity index (χ1) is 9.17. The second-order valence-electron chi connectivity index (χ2n) is 4.16. The lowest BCUT2D eigenvalue weighted by Crippen LogP contribution is -2.12. The summed E-state index contributed by atoms with van der Waals surface area (Å²) in [5.41, 5.74) is 8.59. The quantitative estimate of drug-likeness (QED) is 0.856. The van der Waals surface area contributed by atoms with Crippen LogP contribution in [0.2, 0.25) is 0 Å². The topological polar surface area (TPSA) is 47.7 Å². The number of ether oxygens (including phenoxy) is 2. The largest absolute Gasteiger partial charge is 0.497 e. The first-order valence-electron chi connectivity index (χ1n) is 5.97. The van der Waals surface area contributed by atoms with Crippen molar-refractivity contribution in [3.63, 3.8) is 0 Å². The summed E-state index contributed by atoms with van der Waals surface area (Å²) in [5.74, 6) is 1.50. The van der Waals surface area contributed by atoms with Gasteiger partial charge in [-0.2, -0.15) is 0 Å². The first kappa shape index (κ1) is 13.1. The van der Waals surface area contributed by atoms with Crippen LogP contribution in [-0.4, -0.2) is 21.3 Å². The Morgan fingerprint density at radius 2 is 1.68 bits per heavy atom. The van der Waals surface area contributed by atoms with E-state index in [-0.39, 0.29) is 0 Å². The minimum Gasteiger partial charge on any atom is -0.497 e. The number of nitrogens with two attached hydrogens (primary N) is 1. The van der Waals surface area contributed by atoms with Gasteiger partial charge in [-0.1, -0.05) is 12.1 Å². The number of rotatable bonds is 4. The van der Waals surface area contributed by atoms with Gasteiger partial charge in [-0.15, -0.1) is 0 Å². The number of benzene rings is 2. The maximum Gasteiger partial charge on any atom is 0.146 e. The summed E-state index contributed by atoms with van der Waals surface area (Å²) in [6.45, 7) is 0. The Labute approximate surface area is 113 Å². The Kier molecular flexibility index (Phi) is 3.80. The summed E-state index contributed by atoms with van der Waals surface area (Å²) in [6, 6.07) is 13.4. The summed E-state index contributed by atoms with van der Waals surface area (Å²) in [6.07, 6.45) is 0. The van der Waals surface area contributed by atoms with Crippen LogP contribution in [0, 0.1) is 0 Å². The van der Waals surface area contributed by atoms with Gasteiger partial charge in [0.25, 0.3) is 0 Å². The van der Waals surface area contributed by atoms with E-state index in [9.17, 15) is 0 Å². The van der Waals surface area contributed by atoms with Gasteiger partial charge in [0.05, 0.1) is 31.3 Å². The average molecular weight is 258 g/mol.